The Bertz CT molecular complexity index is 581. The Hall–Kier alpha value is -2.30. The highest BCUT2D eigenvalue weighted by Gasteiger charge is 2.13. The van der Waals surface area contributed by atoms with E-state index in [4.69, 9.17) is 9.47 Å². The number of methoxy groups -OCH3 is 1. The molecule has 0 spiro atoms. The summed E-state index contributed by atoms with van der Waals surface area (Å²) in [6.07, 6.45) is 4.41. The topological polar surface area (TPSA) is 55.8 Å². The average Bonchev–Trinajstić information content (AvgIpc) is 2.60. The Morgan fingerprint density at radius 2 is 2.00 bits per heavy atom. The SMILES string of the molecule is CCOC(=O)CCN(CCC(C)C)C(=O)/C=C/c1cccc(OC)c1. The summed E-state index contributed by atoms with van der Waals surface area (Å²) in [5.74, 6) is 0.850. The monoisotopic (exact) mass is 347 g/mol. The van der Waals surface area contributed by atoms with Crippen molar-refractivity contribution in [1.82, 2.24) is 4.90 Å². The smallest absolute Gasteiger partial charge is 0.307 e. The molecule has 0 saturated heterocycles. The van der Waals surface area contributed by atoms with Crippen molar-refractivity contribution < 1.29 is 19.1 Å². The first-order chi connectivity index (χ1) is 12.0. The van der Waals surface area contributed by atoms with Crippen LogP contribution in [0.15, 0.2) is 30.3 Å². The fourth-order valence-electron chi connectivity index (χ4n) is 2.22. The Morgan fingerprint density at radius 1 is 1.24 bits per heavy atom. The van der Waals surface area contributed by atoms with Gasteiger partial charge in [0, 0.05) is 19.2 Å². The number of rotatable bonds is 10. The van der Waals surface area contributed by atoms with Crippen molar-refractivity contribution in [1.29, 1.82) is 0 Å². The van der Waals surface area contributed by atoms with Gasteiger partial charge in [0.15, 0.2) is 0 Å². The van der Waals surface area contributed by atoms with Gasteiger partial charge in [-0.15, -0.1) is 0 Å². The van der Waals surface area contributed by atoms with Gasteiger partial charge in [-0.05, 0) is 43.0 Å². The first-order valence-corrected chi connectivity index (χ1v) is 8.73. The van der Waals surface area contributed by atoms with E-state index in [0.29, 0.717) is 25.6 Å². The lowest BCUT2D eigenvalue weighted by Gasteiger charge is -2.22. The number of hydrogen-bond acceptors (Lipinski definition) is 4. The summed E-state index contributed by atoms with van der Waals surface area (Å²) >= 11 is 0. The van der Waals surface area contributed by atoms with E-state index in [1.807, 2.05) is 24.3 Å². The minimum Gasteiger partial charge on any atom is -0.497 e. The molecule has 25 heavy (non-hydrogen) atoms. The standard InChI is InChI=1S/C20H29NO4/c1-5-25-20(23)12-14-21(13-11-16(2)3)19(22)10-9-17-7-6-8-18(15-17)24-4/h6-10,15-16H,5,11-14H2,1-4H3/b10-9+. The van der Waals surface area contributed by atoms with Crippen molar-refractivity contribution in [2.24, 2.45) is 5.92 Å². The molecule has 0 unspecified atom stereocenters. The van der Waals surface area contributed by atoms with Gasteiger partial charge < -0.3 is 14.4 Å². The Morgan fingerprint density at radius 3 is 2.64 bits per heavy atom. The van der Waals surface area contributed by atoms with Crippen LogP contribution in [0.1, 0.15) is 39.2 Å². The second kappa shape index (κ2) is 11.3. The highest BCUT2D eigenvalue weighted by molar-refractivity contribution is 5.92. The number of hydrogen-bond donors (Lipinski definition) is 0. The van der Waals surface area contributed by atoms with Crippen LogP contribution >= 0.6 is 0 Å². The molecule has 0 aliphatic carbocycles. The highest BCUT2D eigenvalue weighted by Crippen LogP contribution is 2.14. The number of esters is 1. The van der Waals surface area contributed by atoms with Crippen LogP contribution in [0.25, 0.3) is 6.08 Å². The maximum absolute atomic E-state index is 12.5. The maximum atomic E-state index is 12.5. The third-order valence-electron chi connectivity index (χ3n) is 3.69. The summed E-state index contributed by atoms with van der Waals surface area (Å²) in [6.45, 7) is 7.34. The van der Waals surface area contributed by atoms with Crippen LogP contribution in [-0.4, -0.2) is 43.6 Å². The van der Waals surface area contributed by atoms with Crippen molar-refractivity contribution in [3.05, 3.63) is 35.9 Å². The molecule has 0 aromatic heterocycles. The van der Waals surface area contributed by atoms with Gasteiger partial charge in [-0.25, -0.2) is 0 Å². The van der Waals surface area contributed by atoms with Crippen molar-refractivity contribution in [2.75, 3.05) is 26.8 Å². The molecule has 5 nitrogen and oxygen atoms in total. The summed E-state index contributed by atoms with van der Waals surface area (Å²) in [4.78, 5) is 25.8. The highest BCUT2D eigenvalue weighted by atomic mass is 16.5. The zero-order valence-corrected chi connectivity index (χ0v) is 15.7. The van der Waals surface area contributed by atoms with Gasteiger partial charge in [0.05, 0.1) is 20.1 Å². The molecule has 1 aromatic carbocycles. The fourth-order valence-corrected chi connectivity index (χ4v) is 2.22. The molecule has 0 aliphatic heterocycles. The average molecular weight is 347 g/mol. The van der Waals surface area contributed by atoms with Gasteiger partial charge in [0.25, 0.3) is 0 Å². The maximum Gasteiger partial charge on any atom is 0.307 e. The van der Waals surface area contributed by atoms with E-state index in [0.717, 1.165) is 17.7 Å². The molecular formula is C20H29NO4. The number of amides is 1. The Labute approximate surface area is 150 Å². The summed E-state index contributed by atoms with van der Waals surface area (Å²) in [6, 6.07) is 7.50. The second-order valence-electron chi connectivity index (χ2n) is 6.17. The van der Waals surface area contributed by atoms with Gasteiger partial charge in [-0.3, -0.25) is 9.59 Å². The largest absolute Gasteiger partial charge is 0.497 e. The zero-order valence-electron chi connectivity index (χ0n) is 15.7. The van der Waals surface area contributed by atoms with E-state index in [-0.39, 0.29) is 18.3 Å². The Kier molecular flexibility index (Phi) is 9.37. The van der Waals surface area contributed by atoms with E-state index in [1.54, 1.807) is 31.1 Å². The van der Waals surface area contributed by atoms with Gasteiger partial charge in [-0.2, -0.15) is 0 Å². The fraction of sp³-hybridized carbons (Fsp3) is 0.500. The van der Waals surface area contributed by atoms with E-state index >= 15 is 0 Å². The number of ether oxygens (including phenoxy) is 2. The number of benzene rings is 1. The van der Waals surface area contributed by atoms with E-state index in [9.17, 15) is 9.59 Å². The normalized spacial score (nSPS) is 10.9. The lowest BCUT2D eigenvalue weighted by atomic mass is 10.1. The molecule has 0 atom stereocenters. The van der Waals surface area contributed by atoms with E-state index < -0.39 is 0 Å². The number of carbonyl (C=O) groups excluding carboxylic acids is 2. The molecule has 5 heteroatoms. The summed E-state index contributed by atoms with van der Waals surface area (Å²) in [5, 5.41) is 0. The molecule has 138 valence electrons. The van der Waals surface area contributed by atoms with Crippen LogP contribution in [0.4, 0.5) is 0 Å². The molecule has 1 aromatic rings. The lowest BCUT2D eigenvalue weighted by Crippen LogP contribution is -2.33. The second-order valence-corrected chi connectivity index (χ2v) is 6.17. The lowest BCUT2D eigenvalue weighted by molar-refractivity contribution is -0.143. The van der Waals surface area contributed by atoms with Crippen LogP contribution in [-0.2, 0) is 14.3 Å². The first kappa shape index (κ1) is 20.7. The summed E-state index contributed by atoms with van der Waals surface area (Å²) < 4.78 is 10.1. The van der Waals surface area contributed by atoms with Gasteiger partial charge in [-0.1, -0.05) is 26.0 Å². The third kappa shape index (κ3) is 8.38. The first-order valence-electron chi connectivity index (χ1n) is 8.73. The minimum absolute atomic E-state index is 0.104. The third-order valence-corrected chi connectivity index (χ3v) is 3.69. The number of nitrogens with zero attached hydrogens (tertiary/aromatic N) is 1. The molecule has 0 saturated carbocycles. The van der Waals surface area contributed by atoms with Crippen molar-refractivity contribution in [3.63, 3.8) is 0 Å². The molecule has 0 bridgehead atoms. The quantitative estimate of drug-likeness (QED) is 0.480. The molecule has 0 fully saturated rings. The zero-order chi connectivity index (χ0) is 18.7. The molecule has 0 aliphatic rings. The number of carbonyl (C=O) groups is 2. The van der Waals surface area contributed by atoms with Gasteiger partial charge in [0.2, 0.25) is 5.91 Å². The molecule has 0 radical (unpaired) electrons. The van der Waals surface area contributed by atoms with Crippen LogP contribution in [0.5, 0.6) is 5.75 Å². The Balaban J connectivity index is 2.72. The minimum atomic E-state index is -0.276. The van der Waals surface area contributed by atoms with Crippen molar-refractivity contribution in [3.8, 4) is 5.75 Å². The molecule has 0 N–H and O–H groups in total. The van der Waals surface area contributed by atoms with Crippen LogP contribution in [0.3, 0.4) is 0 Å². The van der Waals surface area contributed by atoms with Crippen LogP contribution < -0.4 is 4.74 Å². The van der Waals surface area contributed by atoms with Crippen LogP contribution in [0, 0.1) is 5.92 Å². The molecule has 1 rings (SSSR count). The van der Waals surface area contributed by atoms with E-state index in [1.165, 1.54) is 0 Å². The van der Waals surface area contributed by atoms with Gasteiger partial charge in [0.1, 0.15) is 5.75 Å². The predicted octanol–water partition coefficient (Wildman–Crippen LogP) is 3.54. The molecule has 0 heterocycles. The summed E-state index contributed by atoms with van der Waals surface area (Å²) in [7, 11) is 1.61. The van der Waals surface area contributed by atoms with Crippen LogP contribution in [0.2, 0.25) is 0 Å². The molecular weight excluding hydrogens is 318 g/mol. The van der Waals surface area contributed by atoms with Crippen molar-refractivity contribution in [2.45, 2.75) is 33.6 Å². The van der Waals surface area contributed by atoms with Crippen molar-refractivity contribution >= 4 is 18.0 Å². The molecule has 1 amide bonds. The van der Waals surface area contributed by atoms with E-state index in [2.05, 4.69) is 13.8 Å². The predicted molar refractivity (Wildman–Crippen MR) is 99.3 cm³/mol. The van der Waals surface area contributed by atoms with Gasteiger partial charge >= 0.3 is 5.97 Å². The summed E-state index contributed by atoms with van der Waals surface area (Å²) in [5.41, 5.74) is 0.891.